The van der Waals surface area contributed by atoms with E-state index in [2.05, 4.69) is 5.32 Å². The fraction of sp³-hybridized carbons (Fsp3) is 0.304. The van der Waals surface area contributed by atoms with Crippen LogP contribution in [0.3, 0.4) is 0 Å². The van der Waals surface area contributed by atoms with E-state index in [0.29, 0.717) is 17.8 Å². The maximum Gasteiger partial charge on any atom is 0.252 e. The van der Waals surface area contributed by atoms with Crippen molar-refractivity contribution in [3.63, 3.8) is 0 Å². The van der Waals surface area contributed by atoms with Gasteiger partial charge in [0.2, 0.25) is 0 Å². The molecule has 9 heteroatoms. The van der Waals surface area contributed by atoms with Crippen molar-refractivity contribution >= 4 is 48.3 Å². The molecule has 0 unspecified atom stereocenters. The summed E-state index contributed by atoms with van der Waals surface area (Å²) >= 11 is 0. The smallest absolute Gasteiger partial charge is 0.252 e. The van der Waals surface area contributed by atoms with Gasteiger partial charge in [0.15, 0.2) is 0 Å². The Balaban J connectivity index is 0.00000256. The first kappa shape index (κ1) is 27.5. The highest BCUT2D eigenvalue weighted by molar-refractivity contribution is 5.96. The third-order valence-corrected chi connectivity index (χ3v) is 4.97. The molecule has 0 aromatic heterocycles. The Morgan fingerprint density at radius 1 is 1.19 bits per heavy atom. The van der Waals surface area contributed by atoms with Crippen LogP contribution < -0.4 is 20.7 Å². The summed E-state index contributed by atoms with van der Waals surface area (Å²) in [5, 5.41) is 20.2. The standard InChI is InChI=1S/C23H28N4O3.2ClH/c24-23(25)18-5-1-3-17(15-18)4-2-14-27(22(29)16-28)19-6-8-20(9-7-19)30-21-10-12-26-13-11-21;;/h1-9,15,21,26,28H,10-14,16H2,(H3,24,25);2*1H/b4-2+;;. The number of anilines is 1. The van der Waals surface area contributed by atoms with Crippen LogP contribution in [0.25, 0.3) is 6.08 Å². The number of ether oxygens (including phenoxy) is 1. The molecule has 1 aliphatic heterocycles. The Kier molecular flexibility index (Phi) is 11.8. The van der Waals surface area contributed by atoms with Crippen LogP contribution in [0.1, 0.15) is 24.0 Å². The van der Waals surface area contributed by atoms with Crippen molar-refractivity contribution in [2.24, 2.45) is 5.73 Å². The highest BCUT2D eigenvalue weighted by Crippen LogP contribution is 2.22. The van der Waals surface area contributed by atoms with Crippen molar-refractivity contribution in [3.05, 3.63) is 65.7 Å². The lowest BCUT2D eigenvalue weighted by atomic mass is 10.1. The van der Waals surface area contributed by atoms with Crippen molar-refractivity contribution in [2.45, 2.75) is 18.9 Å². The predicted molar refractivity (Wildman–Crippen MR) is 133 cm³/mol. The van der Waals surface area contributed by atoms with E-state index in [1.54, 1.807) is 6.07 Å². The van der Waals surface area contributed by atoms with Gasteiger partial charge in [-0.1, -0.05) is 30.4 Å². The molecule has 2 aromatic rings. The van der Waals surface area contributed by atoms with Gasteiger partial charge < -0.3 is 25.8 Å². The number of hydrogen-bond donors (Lipinski definition) is 4. The molecule has 5 N–H and O–H groups in total. The minimum atomic E-state index is -0.568. The first-order chi connectivity index (χ1) is 14.6. The zero-order valence-electron chi connectivity index (χ0n) is 17.7. The zero-order chi connectivity index (χ0) is 21.3. The summed E-state index contributed by atoms with van der Waals surface area (Å²) in [6.45, 7) is 1.66. The summed E-state index contributed by atoms with van der Waals surface area (Å²) < 4.78 is 6.01. The van der Waals surface area contributed by atoms with Gasteiger partial charge in [0, 0.05) is 17.8 Å². The number of nitrogens with zero attached hydrogens (tertiary/aromatic N) is 1. The largest absolute Gasteiger partial charge is 0.490 e. The van der Waals surface area contributed by atoms with E-state index in [1.807, 2.05) is 54.6 Å². The van der Waals surface area contributed by atoms with E-state index in [4.69, 9.17) is 15.9 Å². The number of carbonyl (C=O) groups excluding carboxylic acids is 1. The van der Waals surface area contributed by atoms with Gasteiger partial charge in [-0.05, 0) is 61.8 Å². The van der Waals surface area contributed by atoms with Gasteiger partial charge in [-0.3, -0.25) is 10.2 Å². The van der Waals surface area contributed by atoms with Gasteiger partial charge in [0.05, 0.1) is 0 Å². The monoisotopic (exact) mass is 480 g/mol. The van der Waals surface area contributed by atoms with Crippen molar-refractivity contribution in [3.8, 4) is 5.75 Å². The number of halogens is 2. The molecule has 2 aromatic carbocycles. The number of benzene rings is 2. The molecule has 174 valence electrons. The number of carbonyl (C=O) groups is 1. The van der Waals surface area contributed by atoms with Crippen LogP contribution in [0.15, 0.2) is 54.6 Å². The van der Waals surface area contributed by atoms with Crippen LogP contribution in [-0.4, -0.2) is 49.2 Å². The van der Waals surface area contributed by atoms with Crippen LogP contribution in [0.4, 0.5) is 5.69 Å². The van der Waals surface area contributed by atoms with Crippen molar-refractivity contribution in [2.75, 3.05) is 31.1 Å². The van der Waals surface area contributed by atoms with Gasteiger partial charge in [0.1, 0.15) is 24.3 Å². The number of nitrogens with two attached hydrogens (primary N) is 1. The SMILES string of the molecule is Cl.Cl.N=C(N)c1cccc(/C=C/CN(C(=O)CO)c2ccc(OC3CCNCC3)cc2)c1. The first-order valence-corrected chi connectivity index (χ1v) is 10.1. The van der Waals surface area contributed by atoms with Gasteiger partial charge in [0.25, 0.3) is 5.91 Å². The summed E-state index contributed by atoms with van der Waals surface area (Å²) in [6, 6.07) is 14.7. The number of hydrogen-bond acceptors (Lipinski definition) is 5. The Morgan fingerprint density at radius 3 is 2.50 bits per heavy atom. The molecule has 1 saturated heterocycles. The van der Waals surface area contributed by atoms with Crippen LogP contribution in [0, 0.1) is 5.41 Å². The summed E-state index contributed by atoms with van der Waals surface area (Å²) in [4.78, 5) is 13.8. The molecule has 0 atom stereocenters. The number of amidine groups is 1. The number of aliphatic hydroxyl groups is 1. The molecule has 7 nitrogen and oxygen atoms in total. The van der Waals surface area contributed by atoms with E-state index < -0.39 is 6.61 Å². The average Bonchev–Trinajstić information content (AvgIpc) is 2.78. The molecule has 1 aliphatic rings. The quantitative estimate of drug-likeness (QED) is 0.342. The lowest BCUT2D eigenvalue weighted by Gasteiger charge is -2.24. The second-order valence-electron chi connectivity index (χ2n) is 7.17. The molecule has 32 heavy (non-hydrogen) atoms. The van der Waals surface area contributed by atoms with Crippen molar-refractivity contribution < 1.29 is 14.6 Å². The van der Waals surface area contributed by atoms with Crippen LogP contribution in [0.5, 0.6) is 5.75 Å². The van der Waals surface area contributed by atoms with Crippen LogP contribution in [-0.2, 0) is 4.79 Å². The Bertz CT molecular complexity index is 900. The van der Waals surface area contributed by atoms with E-state index in [1.165, 1.54) is 4.90 Å². The topological polar surface area (TPSA) is 112 Å². The zero-order valence-corrected chi connectivity index (χ0v) is 19.3. The normalized spacial score (nSPS) is 13.7. The molecule has 0 radical (unpaired) electrons. The average molecular weight is 481 g/mol. The van der Waals surface area contributed by atoms with Crippen LogP contribution in [0.2, 0.25) is 0 Å². The molecule has 1 heterocycles. The Morgan fingerprint density at radius 2 is 1.88 bits per heavy atom. The number of nitrogen functional groups attached to an aromatic ring is 1. The maximum absolute atomic E-state index is 12.3. The van der Waals surface area contributed by atoms with Gasteiger partial charge >= 0.3 is 0 Å². The summed E-state index contributed by atoms with van der Waals surface area (Å²) in [6.07, 6.45) is 5.87. The lowest BCUT2D eigenvalue weighted by molar-refractivity contribution is -0.121. The summed E-state index contributed by atoms with van der Waals surface area (Å²) in [5.74, 6) is 0.400. The minimum absolute atomic E-state index is 0. The molecule has 0 aliphatic carbocycles. The van der Waals surface area contributed by atoms with Crippen molar-refractivity contribution in [1.29, 1.82) is 5.41 Å². The molecule has 0 spiro atoms. The highest BCUT2D eigenvalue weighted by atomic mass is 35.5. The lowest BCUT2D eigenvalue weighted by Crippen LogP contribution is -2.34. The van der Waals surface area contributed by atoms with Gasteiger partial charge in [-0.2, -0.15) is 0 Å². The molecule has 0 saturated carbocycles. The molecule has 1 amide bonds. The van der Waals surface area contributed by atoms with Crippen LogP contribution >= 0.6 is 24.8 Å². The fourth-order valence-corrected chi connectivity index (χ4v) is 3.35. The number of rotatable bonds is 8. The van der Waals surface area contributed by atoms with Gasteiger partial charge in [-0.25, -0.2) is 0 Å². The number of amides is 1. The third kappa shape index (κ3) is 7.84. The number of piperidine rings is 1. The second kappa shape index (κ2) is 13.8. The summed E-state index contributed by atoms with van der Waals surface area (Å²) in [7, 11) is 0. The number of nitrogens with one attached hydrogen (secondary N) is 2. The molecule has 3 rings (SSSR count). The van der Waals surface area contributed by atoms with Crippen molar-refractivity contribution in [1.82, 2.24) is 5.32 Å². The fourth-order valence-electron chi connectivity index (χ4n) is 3.35. The van der Waals surface area contributed by atoms with E-state index in [9.17, 15) is 9.90 Å². The molecular formula is C23H30Cl2N4O3. The minimum Gasteiger partial charge on any atom is -0.490 e. The first-order valence-electron chi connectivity index (χ1n) is 10.1. The highest BCUT2D eigenvalue weighted by Gasteiger charge is 2.16. The Labute approximate surface area is 201 Å². The predicted octanol–water partition coefficient (Wildman–Crippen LogP) is 2.98. The van der Waals surface area contributed by atoms with E-state index in [0.717, 1.165) is 37.2 Å². The molecular weight excluding hydrogens is 451 g/mol. The molecule has 0 bridgehead atoms. The van der Waals surface area contributed by atoms with E-state index >= 15 is 0 Å². The molecule has 1 fully saturated rings. The Hall–Kier alpha value is -2.58. The maximum atomic E-state index is 12.3. The van der Waals surface area contributed by atoms with Gasteiger partial charge in [-0.15, -0.1) is 24.8 Å². The van der Waals surface area contributed by atoms with E-state index in [-0.39, 0.29) is 42.7 Å². The summed E-state index contributed by atoms with van der Waals surface area (Å²) in [5.41, 5.74) is 7.74. The second-order valence-corrected chi connectivity index (χ2v) is 7.17. The number of aliphatic hydroxyl groups excluding tert-OH is 1. The third-order valence-electron chi connectivity index (χ3n) is 4.97.